The Kier molecular flexibility index (Phi) is 6.48. The van der Waals surface area contributed by atoms with Gasteiger partial charge in [0.05, 0.1) is 6.42 Å². The number of piperidine rings is 1. The van der Waals surface area contributed by atoms with Crippen LogP contribution in [0.3, 0.4) is 0 Å². The summed E-state index contributed by atoms with van der Waals surface area (Å²) in [5, 5.41) is 16.1. The molecule has 20 heavy (non-hydrogen) atoms. The van der Waals surface area contributed by atoms with E-state index in [9.17, 15) is 19.2 Å². The van der Waals surface area contributed by atoms with Gasteiger partial charge in [-0.05, 0) is 12.8 Å². The van der Waals surface area contributed by atoms with Crippen LogP contribution in [0.1, 0.15) is 25.7 Å². The van der Waals surface area contributed by atoms with Crippen molar-refractivity contribution in [3.8, 4) is 0 Å². The highest BCUT2D eigenvalue weighted by Crippen LogP contribution is 2.10. The summed E-state index contributed by atoms with van der Waals surface area (Å²) < 4.78 is 0. The molecule has 1 aliphatic rings. The van der Waals surface area contributed by atoms with E-state index in [1.54, 1.807) is 0 Å². The van der Waals surface area contributed by atoms with Crippen LogP contribution >= 0.6 is 0 Å². The topological polar surface area (TPSA) is 125 Å². The Balaban J connectivity index is 2.14. The maximum Gasteiger partial charge on any atom is 0.303 e. The van der Waals surface area contributed by atoms with Crippen molar-refractivity contribution in [3.05, 3.63) is 0 Å². The first-order valence-electron chi connectivity index (χ1n) is 6.54. The number of nitrogens with one attached hydrogen (secondary N) is 3. The molecule has 1 unspecified atom stereocenters. The Bertz CT molecular complexity index is 397. The molecule has 0 aromatic rings. The number of carbonyl (C=O) groups excluding carboxylic acids is 3. The van der Waals surface area contributed by atoms with E-state index in [4.69, 9.17) is 5.11 Å². The van der Waals surface area contributed by atoms with Crippen molar-refractivity contribution in [2.24, 2.45) is 5.92 Å². The third kappa shape index (κ3) is 5.68. The van der Waals surface area contributed by atoms with Gasteiger partial charge >= 0.3 is 5.97 Å². The van der Waals surface area contributed by atoms with E-state index in [1.807, 2.05) is 0 Å². The smallest absolute Gasteiger partial charge is 0.303 e. The average molecular weight is 285 g/mol. The molecule has 8 heteroatoms. The fourth-order valence-corrected chi connectivity index (χ4v) is 1.84. The highest BCUT2D eigenvalue weighted by atomic mass is 16.4. The molecule has 3 amide bonds. The van der Waals surface area contributed by atoms with Crippen molar-refractivity contribution in [2.45, 2.75) is 25.7 Å². The van der Waals surface area contributed by atoms with E-state index in [-0.39, 0.29) is 43.7 Å². The lowest BCUT2D eigenvalue weighted by molar-refractivity contribution is -0.139. The largest absolute Gasteiger partial charge is 0.481 e. The van der Waals surface area contributed by atoms with E-state index >= 15 is 0 Å². The summed E-state index contributed by atoms with van der Waals surface area (Å²) in [4.78, 5) is 44.6. The Morgan fingerprint density at radius 2 is 1.90 bits per heavy atom. The van der Waals surface area contributed by atoms with Crippen LogP contribution in [-0.2, 0) is 19.2 Å². The molecule has 0 aromatic carbocycles. The fraction of sp³-hybridized carbons (Fsp3) is 0.667. The standard InChI is InChI=1S/C12H19N3O5/c16-9(3-4-10(17)18)13-6-7-15-12(20)8-2-1-5-14-11(8)19/h8H,1-7H2,(H,13,16)(H,14,19)(H,15,20)(H,17,18). The summed E-state index contributed by atoms with van der Waals surface area (Å²) in [6.07, 6.45) is 0.993. The van der Waals surface area contributed by atoms with Gasteiger partial charge < -0.3 is 21.1 Å². The number of rotatable bonds is 7. The molecular formula is C12H19N3O5. The Morgan fingerprint density at radius 1 is 1.20 bits per heavy atom. The van der Waals surface area contributed by atoms with Crippen LogP contribution in [0.5, 0.6) is 0 Å². The molecule has 0 spiro atoms. The van der Waals surface area contributed by atoms with Crippen LogP contribution < -0.4 is 16.0 Å². The Hall–Kier alpha value is -2.12. The molecule has 0 radical (unpaired) electrons. The third-order valence-electron chi connectivity index (χ3n) is 2.91. The number of amides is 3. The quantitative estimate of drug-likeness (QED) is 0.338. The van der Waals surface area contributed by atoms with Crippen molar-refractivity contribution in [2.75, 3.05) is 19.6 Å². The first kappa shape index (κ1) is 15.9. The van der Waals surface area contributed by atoms with Crippen LogP contribution in [0.4, 0.5) is 0 Å². The monoisotopic (exact) mass is 285 g/mol. The highest BCUT2D eigenvalue weighted by molar-refractivity contribution is 6.00. The molecule has 1 aliphatic heterocycles. The van der Waals surface area contributed by atoms with Gasteiger partial charge in [-0.1, -0.05) is 0 Å². The lowest BCUT2D eigenvalue weighted by Crippen LogP contribution is -2.46. The molecule has 1 rings (SSSR count). The molecule has 0 bridgehead atoms. The molecule has 1 atom stereocenters. The number of hydrogen-bond acceptors (Lipinski definition) is 4. The maximum atomic E-state index is 11.7. The normalized spacial score (nSPS) is 18.0. The first-order chi connectivity index (χ1) is 9.50. The number of aliphatic carboxylic acids is 1. The second kappa shape index (κ2) is 8.13. The average Bonchev–Trinajstić information content (AvgIpc) is 2.41. The van der Waals surface area contributed by atoms with Crippen molar-refractivity contribution >= 4 is 23.7 Å². The molecular weight excluding hydrogens is 266 g/mol. The first-order valence-corrected chi connectivity index (χ1v) is 6.54. The summed E-state index contributed by atoms with van der Waals surface area (Å²) in [6.45, 7) is 1.02. The zero-order valence-corrected chi connectivity index (χ0v) is 11.1. The van der Waals surface area contributed by atoms with Crippen molar-refractivity contribution < 1.29 is 24.3 Å². The van der Waals surface area contributed by atoms with Gasteiger partial charge in [-0.2, -0.15) is 0 Å². The van der Waals surface area contributed by atoms with Crippen molar-refractivity contribution in [1.29, 1.82) is 0 Å². The number of hydrogen-bond donors (Lipinski definition) is 4. The van der Waals surface area contributed by atoms with Crippen molar-refractivity contribution in [1.82, 2.24) is 16.0 Å². The van der Waals surface area contributed by atoms with Crippen LogP contribution in [0.25, 0.3) is 0 Å². The molecule has 0 saturated carbocycles. The van der Waals surface area contributed by atoms with Gasteiger partial charge in [0.15, 0.2) is 0 Å². The molecule has 0 aliphatic carbocycles. The number of carboxylic acid groups (broad SMARTS) is 1. The summed E-state index contributed by atoms with van der Waals surface area (Å²) in [6, 6.07) is 0. The summed E-state index contributed by atoms with van der Waals surface area (Å²) >= 11 is 0. The van der Waals surface area contributed by atoms with Gasteiger partial charge in [-0.15, -0.1) is 0 Å². The predicted octanol–water partition coefficient (Wildman–Crippen LogP) is -1.39. The van der Waals surface area contributed by atoms with Gasteiger partial charge in [-0.3, -0.25) is 19.2 Å². The SMILES string of the molecule is O=C(O)CCC(=O)NCCNC(=O)C1CCCNC1=O. The minimum Gasteiger partial charge on any atom is -0.481 e. The maximum absolute atomic E-state index is 11.7. The van der Waals surface area contributed by atoms with E-state index in [0.717, 1.165) is 6.42 Å². The van der Waals surface area contributed by atoms with Crippen LogP contribution in [0.15, 0.2) is 0 Å². The van der Waals surface area contributed by atoms with Gasteiger partial charge in [-0.25, -0.2) is 0 Å². The minimum atomic E-state index is -1.03. The lowest BCUT2D eigenvalue weighted by atomic mass is 9.98. The molecule has 8 nitrogen and oxygen atoms in total. The van der Waals surface area contributed by atoms with Gasteiger partial charge in [0.2, 0.25) is 17.7 Å². The van der Waals surface area contributed by atoms with Crippen molar-refractivity contribution in [3.63, 3.8) is 0 Å². The third-order valence-corrected chi connectivity index (χ3v) is 2.91. The molecule has 1 fully saturated rings. The van der Waals surface area contributed by atoms with Crippen LogP contribution in [-0.4, -0.2) is 48.4 Å². The van der Waals surface area contributed by atoms with E-state index in [0.29, 0.717) is 13.0 Å². The zero-order valence-electron chi connectivity index (χ0n) is 11.1. The van der Waals surface area contributed by atoms with E-state index < -0.39 is 11.9 Å². The Labute approximate surface area is 116 Å². The highest BCUT2D eigenvalue weighted by Gasteiger charge is 2.28. The van der Waals surface area contributed by atoms with Gasteiger partial charge in [0.25, 0.3) is 0 Å². The fourth-order valence-electron chi connectivity index (χ4n) is 1.84. The Morgan fingerprint density at radius 3 is 2.55 bits per heavy atom. The number of carboxylic acids is 1. The minimum absolute atomic E-state index is 0.0890. The van der Waals surface area contributed by atoms with Crippen LogP contribution in [0.2, 0.25) is 0 Å². The van der Waals surface area contributed by atoms with Gasteiger partial charge in [0, 0.05) is 26.1 Å². The summed E-state index contributed by atoms with van der Waals surface area (Å²) in [7, 11) is 0. The van der Waals surface area contributed by atoms with Gasteiger partial charge in [0.1, 0.15) is 5.92 Å². The number of carbonyl (C=O) groups is 4. The molecule has 112 valence electrons. The second-order valence-electron chi connectivity index (χ2n) is 4.52. The van der Waals surface area contributed by atoms with Crippen LogP contribution in [0, 0.1) is 5.92 Å². The molecule has 0 aromatic heterocycles. The van der Waals surface area contributed by atoms with E-state index in [2.05, 4.69) is 16.0 Å². The molecule has 1 heterocycles. The zero-order chi connectivity index (χ0) is 15.0. The molecule has 4 N–H and O–H groups in total. The lowest BCUT2D eigenvalue weighted by Gasteiger charge is -2.21. The summed E-state index contributed by atoms with van der Waals surface area (Å²) in [5.74, 6) is -2.68. The predicted molar refractivity (Wildman–Crippen MR) is 68.6 cm³/mol. The van der Waals surface area contributed by atoms with E-state index in [1.165, 1.54) is 0 Å². The second-order valence-corrected chi connectivity index (χ2v) is 4.52. The molecule has 1 saturated heterocycles. The summed E-state index contributed by atoms with van der Waals surface area (Å²) in [5.41, 5.74) is 0.